The van der Waals surface area contributed by atoms with Gasteiger partial charge in [0, 0.05) is 18.4 Å². The fourth-order valence-electron chi connectivity index (χ4n) is 2.10. The minimum Gasteiger partial charge on any atom is -0.477 e. The highest BCUT2D eigenvalue weighted by Crippen LogP contribution is 2.36. The standard InChI is InChI=1S/C17H19F4N3O/c1-4-24(13-7-5-12(18)6-8-13)16-22-9-14(17(19,20)21)15(23-16)25-10-11(2)3/h5-9,11H,4,10H2,1-3H3. The molecule has 0 saturated heterocycles. The molecule has 1 heterocycles. The second kappa shape index (κ2) is 7.67. The number of halogens is 4. The van der Waals surface area contributed by atoms with Gasteiger partial charge in [0.25, 0.3) is 0 Å². The molecule has 2 rings (SSSR count). The Hall–Kier alpha value is -2.38. The van der Waals surface area contributed by atoms with Crippen LogP contribution in [-0.4, -0.2) is 23.1 Å². The van der Waals surface area contributed by atoms with Crippen LogP contribution in [0.4, 0.5) is 29.2 Å². The van der Waals surface area contributed by atoms with Crippen LogP contribution in [0.25, 0.3) is 0 Å². The third-order valence-corrected chi connectivity index (χ3v) is 3.30. The van der Waals surface area contributed by atoms with Crippen molar-refractivity contribution in [2.24, 2.45) is 5.92 Å². The average Bonchev–Trinajstić information content (AvgIpc) is 2.54. The van der Waals surface area contributed by atoms with Gasteiger partial charge in [0.1, 0.15) is 11.4 Å². The highest BCUT2D eigenvalue weighted by atomic mass is 19.4. The Bertz CT molecular complexity index is 702. The third kappa shape index (κ3) is 4.80. The molecule has 1 aromatic heterocycles. The van der Waals surface area contributed by atoms with Crippen molar-refractivity contribution in [3.8, 4) is 5.88 Å². The molecule has 1 aromatic carbocycles. The molecule has 0 unspecified atom stereocenters. The summed E-state index contributed by atoms with van der Waals surface area (Å²) < 4.78 is 57.8. The van der Waals surface area contributed by atoms with Gasteiger partial charge in [-0.25, -0.2) is 9.37 Å². The van der Waals surface area contributed by atoms with Gasteiger partial charge in [0.2, 0.25) is 11.8 Å². The van der Waals surface area contributed by atoms with Gasteiger partial charge < -0.3 is 9.64 Å². The van der Waals surface area contributed by atoms with Crippen LogP contribution in [-0.2, 0) is 6.18 Å². The highest BCUT2D eigenvalue weighted by molar-refractivity contribution is 5.57. The van der Waals surface area contributed by atoms with Gasteiger partial charge >= 0.3 is 6.18 Å². The Morgan fingerprint density at radius 1 is 1.16 bits per heavy atom. The van der Waals surface area contributed by atoms with Crippen molar-refractivity contribution in [2.45, 2.75) is 26.9 Å². The van der Waals surface area contributed by atoms with Crippen molar-refractivity contribution < 1.29 is 22.3 Å². The Labute approximate surface area is 143 Å². The van der Waals surface area contributed by atoms with E-state index in [1.807, 2.05) is 13.8 Å². The van der Waals surface area contributed by atoms with E-state index < -0.39 is 23.4 Å². The van der Waals surface area contributed by atoms with Gasteiger partial charge in [-0.3, -0.25) is 0 Å². The molecule has 0 bridgehead atoms. The first-order chi connectivity index (χ1) is 11.7. The lowest BCUT2D eigenvalue weighted by atomic mass is 10.2. The van der Waals surface area contributed by atoms with Crippen LogP contribution in [0.1, 0.15) is 26.3 Å². The first-order valence-electron chi connectivity index (χ1n) is 7.82. The summed E-state index contributed by atoms with van der Waals surface area (Å²) in [5.74, 6) is -0.819. The minimum absolute atomic E-state index is 0.0406. The molecule has 0 fully saturated rings. The quantitative estimate of drug-likeness (QED) is 0.694. The lowest BCUT2D eigenvalue weighted by Crippen LogP contribution is -2.21. The molecule has 0 atom stereocenters. The van der Waals surface area contributed by atoms with Crippen LogP contribution in [0.15, 0.2) is 30.5 Å². The predicted molar refractivity (Wildman–Crippen MR) is 86.4 cm³/mol. The van der Waals surface area contributed by atoms with Gasteiger partial charge in [-0.1, -0.05) is 13.8 Å². The molecular formula is C17H19F4N3O. The zero-order valence-electron chi connectivity index (χ0n) is 14.1. The summed E-state index contributed by atoms with van der Waals surface area (Å²) in [5, 5.41) is 0. The topological polar surface area (TPSA) is 38.2 Å². The first-order valence-corrected chi connectivity index (χ1v) is 7.82. The molecular weight excluding hydrogens is 338 g/mol. The maximum atomic E-state index is 13.1. The van der Waals surface area contributed by atoms with E-state index in [9.17, 15) is 17.6 Å². The van der Waals surface area contributed by atoms with Gasteiger partial charge in [0.05, 0.1) is 6.61 Å². The van der Waals surface area contributed by atoms with Gasteiger partial charge in [-0.05, 0) is 37.1 Å². The van der Waals surface area contributed by atoms with E-state index in [4.69, 9.17) is 4.74 Å². The van der Waals surface area contributed by atoms with E-state index >= 15 is 0 Å². The maximum Gasteiger partial charge on any atom is 0.423 e. The summed E-state index contributed by atoms with van der Waals surface area (Å²) >= 11 is 0. The molecule has 4 nitrogen and oxygen atoms in total. The van der Waals surface area contributed by atoms with E-state index in [1.54, 1.807) is 11.8 Å². The largest absolute Gasteiger partial charge is 0.477 e. The van der Waals surface area contributed by atoms with Crippen LogP contribution in [0.3, 0.4) is 0 Å². The molecule has 0 N–H and O–H groups in total. The van der Waals surface area contributed by atoms with Crippen molar-refractivity contribution >= 4 is 11.6 Å². The molecule has 2 aromatic rings. The fraction of sp³-hybridized carbons (Fsp3) is 0.412. The molecule has 0 saturated carbocycles. The van der Waals surface area contributed by atoms with E-state index in [2.05, 4.69) is 9.97 Å². The van der Waals surface area contributed by atoms with E-state index in [0.29, 0.717) is 18.4 Å². The van der Waals surface area contributed by atoms with E-state index in [-0.39, 0.29) is 18.5 Å². The second-order valence-electron chi connectivity index (χ2n) is 5.81. The molecule has 0 amide bonds. The summed E-state index contributed by atoms with van der Waals surface area (Å²) in [4.78, 5) is 9.36. The summed E-state index contributed by atoms with van der Waals surface area (Å²) in [6.45, 7) is 5.93. The number of hydrogen-bond donors (Lipinski definition) is 0. The van der Waals surface area contributed by atoms with Crippen LogP contribution >= 0.6 is 0 Å². The van der Waals surface area contributed by atoms with E-state index in [0.717, 1.165) is 0 Å². The smallest absolute Gasteiger partial charge is 0.423 e. The number of benzene rings is 1. The number of rotatable bonds is 6. The zero-order valence-corrected chi connectivity index (χ0v) is 14.1. The number of aromatic nitrogens is 2. The summed E-state index contributed by atoms with van der Waals surface area (Å²) in [5.41, 5.74) is -0.453. The third-order valence-electron chi connectivity index (χ3n) is 3.30. The summed E-state index contributed by atoms with van der Waals surface area (Å²) in [6.07, 6.45) is -3.90. The number of anilines is 2. The number of nitrogens with zero attached hydrogens (tertiary/aromatic N) is 3. The van der Waals surface area contributed by atoms with Crippen LogP contribution < -0.4 is 9.64 Å². The minimum atomic E-state index is -4.61. The SMILES string of the molecule is CCN(c1ccc(F)cc1)c1ncc(C(F)(F)F)c(OCC(C)C)n1. The predicted octanol–water partition coefficient (Wildman–Crippen LogP) is 4.83. The molecule has 0 aliphatic heterocycles. The van der Waals surface area contributed by atoms with Crippen LogP contribution in [0, 0.1) is 11.7 Å². The molecule has 0 aliphatic rings. The first kappa shape index (κ1) is 19.0. The van der Waals surface area contributed by atoms with Gasteiger partial charge in [-0.15, -0.1) is 0 Å². The Balaban J connectivity index is 2.42. The Morgan fingerprint density at radius 2 is 1.80 bits per heavy atom. The van der Waals surface area contributed by atoms with E-state index in [1.165, 1.54) is 24.3 Å². The molecule has 0 radical (unpaired) electrons. The molecule has 0 spiro atoms. The van der Waals surface area contributed by atoms with Crippen molar-refractivity contribution in [3.05, 3.63) is 41.8 Å². The van der Waals surface area contributed by atoms with Gasteiger partial charge in [0.15, 0.2) is 0 Å². The van der Waals surface area contributed by atoms with Gasteiger partial charge in [-0.2, -0.15) is 18.2 Å². The zero-order chi connectivity index (χ0) is 18.6. The second-order valence-corrected chi connectivity index (χ2v) is 5.81. The Kier molecular flexibility index (Phi) is 5.81. The average molecular weight is 357 g/mol. The van der Waals surface area contributed by atoms with Crippen LogP contribution in [0.2, 0.25) is 0 Å². The lowest BCUT2D eigenvalue weighted by Gasteiger charge is -2.22. The van der Waals surface area contributed by atoms with Crippen LogP contribution in [0.5, 0.6) is 5.88 Å². The number of hydrogen-bond acceptors (Lipinski definition) is 4. The fourth-order valence-corrected chi connectivity index (χ4v) is 2.10. The van der Waals surface area contributed by atoms with Crippen molar-refractivity contribution in [2.75, 3.05) is 18.1 Å². The highest BCUT2D eigenvalue weighted by Gasteiger charge is 2.36. The van der Waals surface area contributed by atoms with Crippen molar-refractivity contribution in [1.82, 2.24) is 9.97 Å². The lowest BCUT2D eigenvalue weighted by molar-refractivity contribution is -0.139. The summed E-state index contributed by atoms with van der Waals surface area (Å²) in [6, 6.07) is 5.54. The normalized spacial score (nSPS) is 11.7. The molecule has 25 heavy (non-hydrogen) atoms. The Morgan fingerprint density at radius 3 is 2.32 bits per heavy atom. The number of ether oxygens (including phenoxy) is 1. The monoisotopic (exact) mass is 357 g/mol. The maximum absolute atomic E-state index is 13.1. The van der Waals surface area contributed by atoms with Crippen molar-refractivity contribution in [3.63, 3.8) is 0 Å². The molecule has 0 aliphatic carbocycles. The number of alkyl halides is 3. The molecule has 136 valence electrons. The van der Waals surface area contributed by atoms with Crippen molar-refractivity contribution in [1.29, 1.82) is 0 Å². The molecule has 8 heteroatoms. The summed E-state index contributed by atoms with van der Waals surface area (Å²) in [7, 11) is 0.